The Kier molecular flexibility index (Phi) is 6.61. The van der Waals surface area contributed by atoms with Crippen molar-refractivity contribution in [2.45, 2.75) is 20.3 Å². The fourth-order valence-corrected chi connectivity index (χ4v) is 2.00. The maximum atomic E-state index is 12.8. The minimum atomic E-state index is -0.332. The molecule has 2 rings (SSSR count). The molecule has 0 aromatic heterocycles. The Morgan fingerprint density at radius 3 is 2.29 bits per heavy atom. The molecular formula is C19H23FN2O2. The molecule has 0 spiro atoms. The minimum Gasteiger partial charge on any atom is -0.494 e. The molecule has 2 aromatic rings. The second-order valence-corrected chi connectivity index (χ2v) is 5.96. The van der Waals surface area contributed by atoms with Gasteiger partial charge in [0, 0.05) is 11.4 Å². The second kappa shape index (κ2) is 8.91. The van der Waals surface area contributed by atoms with Crippen LogP contribution in [-0.4, -0.2) is 19.1 Å². The van der Waals surface area contributed by atoms with E-state index in [0.717, 1.165) is 17.9 Å². The Balaban J connectivity index is 1.75. The van der Waals surface area contributed by atoms with Crippen molar-refractivity contribution < 1.29 is 13.9 Å². The van der Waals surface area contributed by atoms with E-state index in [4.69, 9.17) is 4.74 Å². The number of rotatable bonds is 8. The van der Waals surface area contributed by atoms with Crippen LogP contribution in [0.25, 0.3) is 0 Å². The van der Waals surface area contributed by atoms with E-state index in [1.165, 1.54) is 24.3 Å². The summed E-state index contributed by atoms with van der Waals surface area (Å²) in [5, 5.41) is 5.73. The van der Waals surface area contributed by atoms with Crippen LogP contribution in [0.2, 0.25) is 0 Å². The number of hydrogen-bond acceptors (Lipinski definition) is 3. The number of carbonyl (C=O) groups excluding carboxylic acids is 1. The van der Waals surface area contributed by atoms with E-state index >= 15 is 0 Å². The van der Waals surface area contributed by atoms with E-state index in [2.05, 4.69) is 24.5 Å². The number of hydrogen-bond donors (Lipinski definition) is 2. The molecule has 4 nitrogen and oxygen atoms in total. The first kappa shape index (κ1) is 17.8. The molecule has 2 aromatic carbocycles. The molecule has 0 fully saturated rings. The number of benzene rings is 2. The average Bonchev–Trinajstić information content (AvgIpc) is 2.56. The first-order valence-corrected chi connectivity index (χ1v) is 8.05. The lowest BCUT2D eigenvalue weighted by Gasteiger charge is -2.10. The largest absolute Gasteiger partial charge is 0.494 e. The number of amides is 1. The van der Waals surface area contributed by atoms with Crippen LogP contribution in [0.4, 0.5) is 15.8 Å². The molecule has 24 heavy (non-hydrogen) atoms. The molecule has 128 valence electrons. The molecule has 0 saturated heterocycles. The summed E-state index contributed by atoms with van der Waals surface area (Å²) in [6, 6.07) is 13.2. The average molecular weight is 330 g/mol. The van der Waals surface area contributed by atoms with Crippen molar-refractivity contribution in [1.29, 1.82) is 0 Å². The summed E-state index contributed by atoms with van der Waals surface area (Å²) >= 11 is 0. The highest BCUT2D eigenvalue weighted by molar-refractivity contribution is 5.93. The number of ether oxygens (including phenoxy) is 1. The van der Waals surface area contributed by atoms with Crippen molar-refractivity contribution >= 4 is 17.3 Å². The number of anilines is 2. The third-order valence-corrected chi connectivity index (χ3v) is 3.40. The van der Waals surface area contributed by atoms with Gasteiger partial charge in [0.15, 0.2) is 0 Å². The van der Waals surface area contributed by atoms with E-state index in [-0.39, 0.29) is 18.3 Å². The number of halogens is 1. The van der Waals surface area contributed by atoms with E-state index in [1.54, 1.807) is 0 Å². The molecule has 0 atom stereocenters. The Bertz CT molecular complexity index is 639. The van der Waals surface area contributed by atoms with E-state index in [9.17, 15) is 9.18 Å². The second-order valence-electron chi connectivity index (χ2n) is 5.96. The summed E-state index contributed by atoms with van der Waals surface area (Å²) in [5.41, 5.74) is 1.40. The number of nitrogens with one attached hydrogen (secondary N) is 2. The summed E-state index contributed by atoms with van der Waals surface area (Å²) in [6.45, 7) is 5.15. The smallest absolute Gasteiger partial charge is 0.243 e. The zero-order valence-electron chi connectivity index (χ0n) is 14.0. The summed E-state index contributed by atoms with van der Waals surface area (Å²) in [7, 11) is 0. The monoisotopic (exact) mass is 330 g/mol. The maximum Gasteiger partial charge on any atom is 0.243 e. The lowest BCUT2D eigenvalue weighted by Crippen LogP contribution is -2.21. The Labute approximate surface area is 142 Å². The van der Waals surface area contributed by atoms with Crippen molar-refractivity contribution in [1.82, 2.24) is 0 Å². The van der Waals surface area contributed by atoms with Gasteiger partial charge in [-0.15, -0.1) is 0 Å². The number of carbonyl (C=O) groups is 1. The van der Waals surface area contributed by atoms with Gasteiger partial charge in [-0.3, -0.25) is 4.79 Å². The molecule has 0 aliphatic rings. The lowest BCUT2D eigenvalue weighted by molar-refractivity contribution is -0.114. The lowest BCUT2D eigenvalue weighted by atomic mass is 10.1. The standard InChI is InChI=1S/C19H23FN2O2/c1-14(2)11-12-24-18-9-7-16(8-10-18)21-13-19(23)22-17-5-3-15(20)4-6-17/h3-10,14,21H,11-13H2,1-2H3,(H,22,23). The Hall–Kier alpha value is -2.56. The highest BCUT2D eigenvalue weighted by atomic mass is 19.1. The van der Waals surface area contributed by atoms with E-state index in [0.29, 0.717) is 18.2 Å². The van der Waals surface area contributed by atoms with Gasteiger partial charge >= 0.3 is 0 Å². The van der Waals surface area contributed by atoms with Crippen LogP contribution in [0, 0.1) is 11.7 Å². The van der Waals surface area contributed by atoms with Crippen molar-refractivity contribution in [2.24, 2.45) is 5.92 Å². The van der Waals surface area contributed by atoms with Gasteiger partial charge in [-0.2, -0.15) is 0 Å². The van der Waals surface area contributed by atoms with Gasteiger partial charge in [0.05, 0.1) is 13.2 Å². The molecule has 2 N–H and O–H groups in total. The molecule has 1 amide bonds. The molecule has 0 aliphatic carbocycles. The zero-order chi connectivity index (χ0) is 17.4. The van der Waals surface area contributed by atoms with Gasteiger partial charge in [-0.25, -0.2) is 4.39 Å². The fourth-order valence-electron chi connectivity index (χ4n) is 2.00. The molecular weight excluding hydrogens is 307 g/mol. The van der Waals surface area contributed by atoms with Crippen molar-refractivity contribution in [2.75, 3.05) is 23.8 Å². The van der Waals surface area contributed by atoms with Crippen molar-refractivity contribution in [3.05, 3.63) is 54.3 Å². The Morgan fingerprint density at radius 2 is 1.67 bits per heavy atom. The summed E-state index contributed by atoms with van der Waals surface area (Å²) in [5.74, 6) is 0.906. The normalized spacial score (nSPS) is 10.5. The minimum absolute atomic E-state index is 0.130. The molecule has 0 radical (unpaired) electrons. The van der Waals surface area contributed by atoms with Crippen molar-refractivity contribution in [3.63, 3.8) is 0 Å². The van der Waals surface area contributed by atoms with E-state index < -0.39 is 0 Å². The first-order chi connectivity index (χ1) is 11.5. The molecule has 0 aliphatic heterocycles. The quantitative estimate of drug-likeness (QED) is 0.758. The zero-order valence-corrected chi connectivity index (χ0v) is 14.0. The van der Waals surface area contributed by atoms with Crippen LogP contribution in [0.5, 0.6) is 5.75 Å². The van der Waals surface area contributed by atoms with Gasteiger partial charge in [0.2, 0.25) is 5.91 Å². The van der Waals surface area contributed by atoms with E-state index in [1.807, 2.05) is 24.3 Å². The maximum absolute atomic E-state index is 12.8. The third kappa shape index (κ3) is 6.28. The fraction of sp³-hybridized carbons (Fsp3) is 0.316. The summed E-state index contributed by atoms with van der Waals surface area (Å²) < 4.78 is 18.5. The molecule has 5 heteroatoms. The van der Waals surface area contributed by atoms with Gasteiger partial charge in [0.25, 0.3) is 0 Å². The van der Waals surface area contributed by atoms with Gasteiger partial charge in [-0.05, 0) is 60.9 Å². The third-order valence-electron chi connectivity index (χ3n) is 3.40. The molecule has 0 unspecified atom stereocenters. The first-order valence-electron chi connectivity index (χ1n) is 8.05. The van der Waals surface area contributed by atoms with Gasteiger partial charge in [-0.1, -0.05) is 13.8 Å². The van der Waals surface area contributed by atoms with Gasteiger partial charge < -0.3 is 15.4 Å². The molecule has 0 saturated carbocycles. The topological polar surface area (TPSA) is 50.4 Å². The highest BCUT2D eigenvalue weighted by Gasteiger charge is 2.03. The van der Waals surface area contributed by atoms with Crippen LogP contribution in [0.15, 0.2) is 48.5 Å². The van der Waals surface area contributed by atoms with Crippen LogP contribution >= 0.6 is 0 Å². The predicted molar refractivity (Wildman–Crippen MR) is 94.9 cm³/mol. The van der Waals surface area contributed by atoms with Crippen LogP contribution < -0.4 is 15.4 Å². The summed E-state index contributed by atoms with van der Waals surface area (Å²) in [6.07, 6.45) is 1.02. The van der Waals surface area contributed by atoms with Crippen LogP contribution in [0.1, 0.15) is 20.3 Å². The molecule has 0 heterocycles. The van der Waals surface area contributed by atoms with Crippen molar-refractivity contribution in [3.8, 4) is 5.75 Å². The highest BCUT2D eigenvalue weighted by Crippen LogP contribution is 2.16. The van der Waals surface area contributed by atoms with Crippen LogP contribution in [-0.2, 0) is 4.79 Å². The van der Waals surface area contributed by atoms with Crippen LogP contribution in [0.3, 0.4) is 0 Å². The summed E-state index contributed by atoms with van der Waals surface area (Å²) in [4.78, 5) is 11.9. The predicted octanol–water partition coefficient (Wildman–Crippen LogP) is 4.30. The Morgan fingerprint density at radius 1 is 1.04 bits per heavy atom. The SMILES string of the molecule is CC(C)CCOc1ccc(NCC(=O)Nc2ccc(F)cc2)cc1. The molecule has 0 bridgehead atoms. The van der Waals surface area contributed by atoms with Gasteiger partial charge in [0.1, 0.15) is 11.6 Å².